The van der Waals surface area contributed by atoms with Gasteiger partial charge < -0.3 is 4.74 Å². The second-order valence-corrected chi connectivity index (χ2v) is 11.1. The highest BCUT2D eigenvalue weighted by Gasteiger charge is 2.32. The molecule has 4 aromatic rings. The minimum atomic E-state index is -3.37. The van der Waals surface area contributed by atoms with Gasteiger partial charge in [-0.1, -0.05) is 63.2 Å². The van der Waals surface area contributed by atoms with Crippen molar-refractivity contribution in [2.45, 2.75) is 37.8 Å². The molecule has 0 aliphatic carbocycles. The summed E-state index contributed by atoms with van der Waals surface area (Å²) in [6.45, 7) is 7.11. The monoisotopic (exact) mass is 487 g/mol. The normalized spacial score (nSPS) is 13.4. The van der Waals surface area contributed by atoms with Gasteiger partial charge in [-0.25, -0.2) is 8.42 Å². The highest BCUT2D eigenvalue weighted by Crippen LogP contribution is 2.40. The number of rotatable bonds is 8. The molecule has 180 valence electrons. The van der Waals surface area contributed by atoms with Gasteiger partial charge in [0.1, 0.15) is 12.4 Å². The maximum atomic E-state index is 11.6. The van der Waals surface area contributed by atoms with Crippen molar-refractivity contribution in [3.63, 3.8) is 0 Å². The van der Waals surface area contributed by atoms with Crippen molar-refractivity contribution in [3.05, 3.63) is 102 Å². The maximum Gasteiger partial charge on any atom is 0.194 e. The zero-order chi connectivity index (χ0) is 25.1. The molecule has 0 saturated heterocycles. The Hall–Kier alpha value is -3.58. The van der Waals surface area contributed by atoms with Gasteiger partial charge >= 0.3 is 0 Å². The number of hydrogen-bond donors (Lipinski definition) is 0. The first kappa shape index (κ1) is 24.5. The quantitative estimate of drug-likeness (QED) is 0.327. The van der Waals surface area contributed by atoms with Gasteiger partial charge in [-0.05, 0) is 53.4 Å². The topological polar surface area (TPSA) is 82.0 Å². The summed E-state index contributed by atoms with van der Waals surface area (Å²) in [5.74, 6) is 1.14. The van der Waals surface area contributed by atoms with Crippen LogP contribution in [0, 0.1) is 5.92 Å². The summed E-state index contributed by atoms with van der Waals surface area (Å²) in [5.41, 5.74) is 4.56. The molecule has 0 bridgehead atoms. The van der Waals surface area contributed by atoms with E-state index in [-0.39, 0.29) is 10.4 Å². The van der Waals surface area contributed by atoms with Crippen LogP contribution in [0.1, 0.15) is 37.6 Å². The van der Waals surface area contributed by atoms with E-state index in [0.29, 0.717) is 18.2 Å². The maximum absolute atomic E-state index is 11.6. The van der Waals surface area contributed by atoms with E-state index in [1.54, 1.807) is 12.3 Å². The molecule has 0 spiro atoms. The van der Waals surface area contributed by atoms with Gasteiger partial charge in [-0.15, -0.1) is 10.2 Å². The molecular weight excluding hydrogens is 458 g/mol. The van der Waals surface area contributed by atoms with E-state index in [4.69, 9.17) is 4.74 Å². The summed E-state index contributed by atoms with van der Waals surface area (Å²) < 4.78 is 29.2. The highest BCUT2D eigenvalue weighted by molar-refractivity contribution is 7.90. The molecule has 0 amide bonds. The van der Waals surface area contributed by atoms with Crippen molar-refractivity contribution >= 4 is 9.84 Å². The van der Waals surface area contributed by atoms with Crippen molar-refractivity contribution in [1.29, 1.82) is 0 Å². The molecule has 7 heteroatoms. The number of aromatic nitrogens is 3. The molecule has 6 nitrogen and oxygen atoms in total. The first-order valence-corrected chi connectivity index (χ1v) is 13.3. The van der Waals surface area contributed by atoms with Crippen molar-refractivity contribution in [1.82, 2.24) is 15.2 Å². The fourth-order valence-electron chi connectivity index (χ4n) is 4.03. The smallest absolute Gasteiger partial charge is 0.194 e. The molecule has 4 rings (SSSR count). The van der Waals surface area contributed by atoms with E-state index in [1.165, 1.54) is 17.2 Å². The van der Waals surface area contributed by atoms with E-state index in [9.17, 15) is 8.42 Å². The van der Waals surface area contributed by atoms with Crippen molar-refractivity contribution in [2.24, 2.45) is 5.92 Å². The second-order valence-electron chi connectivity index (χ2n) is 9.10. The predicted molar refractivity (Wildman–Crippen MR) is 137 cm³/mol. The van der Waals surface area contributed by atoms with E-state index < -0.39 is 9.84 Å². The Morgan fingerprint density at radius 2 is 1.51 bits per heavy atom. The van der Waals surface area contributed by atoms with Gasteiger partial charge in [-0.3, -0.25) is 4.98 Å². The Bertz CT molecular complexity index is 1370. The Kier molecular flexibility index (Phi) is 6.98. The average Bonchev–Trinajstić information content (AvgIpc) is 2.87. The molecular formula is C28H29N3O3S. The molecule has 0 aliphatic heterocycles. The predicted octanol–water partition coefficient (Wildman–Crippen LogP) is 5.48. The Morgan fingerprint density at radius 3 is 2.03 bits per heavy atom. The lowest BCUT2D eigenvalue weighted by Gasteiger charge is -2.35. The van der Waals surface area contributed by atoms with E-state index in [1.807, 2.05) is 42.5 Å². The van der Waals surface area contributed by atoms with Gasteiger partial charge in [0.05, 0.1) is 11.4 Å². The summed E-state index contributed by atoms with van der Waals surface area (Å²) in [5, 5.41) is 7.93. The molecule has 0 radical (unpaired) electrons. The molecule has 0 aliphatic rings. The molecule has 2 aromatic heterocycles. The first-order chi connectivity index (χ1) is 16.7. The molecule has 2 aromatic carbocycles. The SMILES string of the molecule is CC(C)C(C)(c1ccc(OCc2ccccn2)cc1)c1ccc(-c2ccc(S(C)(=O)=O)nn2)cc1. The third kappa shape index (κ3) is 5.41. The highest BCUT2D eigenvalue weighted by atomic mass is 32.2. The van der Waals surface area contributed by atoms with E-state index in [0.717, 1.165) is 23.3 Å². The fraction of sp³-hybridized carbons (Fsp3) is 0.250. The van der Waals surface area contributed by atoms with Crippen LogP contribution in [-0.4, -0.2) is 29.9 Å². The molecule has 0 saturated carbocycles. The van der Waals surface area contributed by atoms with Crippen LogP contribution in [0.4, 0.5) is 0 Å². The van der Waals surface area contributed by atoms with Gasteiger partial charge in [-0.2, -0.15) is 0 Å². The van der Waals surface area contributed by atoms with Crippen LogP contribution in [0.5, 0.6) is 5.75 Å². The summed E-state index contributed by atoms with van der Waals surface area (Å²) in [6.07, 6.45) is 2.88. The molecule has 0 N–H and O–H groups in total. The minimum Gasteiger partial charge on any atom is -0.487 e. The summed E-state index contributed by atoms with van der Waals surface area (Å²) in [4.78, 5) is 4.30. The molecule has 1 unspecified atom stereocenters. The molecule has 0 fully saturated rings. The summed E-state index contributed by atoms with van der Waals surface area (Å²) in [7, 11) is -3.37. The average molecular weight is 488 g/mol. The lowest BCUT2D eigenvalue weighted by Crippen LogP contribution is -2.30. The second kappa shape index (κ2) is 9.96. The minimum absolute atomic E-state index is 0.0299. The van der Waals surface area contributed by atoms with Crippen molar-refractivity contribution < 1.29 is 13.2 Å². The van der Waals surface area contributed by atoms with Gasteiger partial charge in [0.2, 0.25) is 0 Å². The Balaban J connectivity index is 1.55. The Morgan fingerprint density at radius 1 is 0.857 bits per heavy atom. The molecule has 1 atom stereocenters. The summed E-state index contributed by atoms with van der Waals surface area (Å²) in [6, 6.07) is 25.4. The van der Waals surface area contributed by atoms with Crippen molar-refractivity contribution in [2.75, 3.05) is 6.26 Å². The first-order valence-electron chi connectivity index (χ1n) is 11.5. The summed E-state index contributed by atoms with van der Waals surface area (Å²) >= 11 is 0. The van der Waals surface area contributed by atoms with Gasteiger partial charge in [0, 0.05) is 23.4 Å². The number of benzene rings is 2. The number of nitrogens with zero attached hydrogens (tertiary/aromatic N) is 3. The third-order valence-electron chi connectivity index (χ3n) is 6.52. The van der Waals surface area contributed by atoms with Crippen LogP contribution in [0.2, 0.25) is 0 Å². The zero-order valence-corrected chi connectivity index (χ0v) is 21.2. The zero-order valence-electron chi connectivity index (χ0n) is 20.3. The largest absolute Gasteiger partial charge is 0.487 e. The van der Waals surface area contributed by atoms with Crippen LogP contribution >= 0.6 is 0 Å². The number of sulfone groups is 1. The van der Waals surface area contributed by atoms with Crippen LogP contribution in [-0.2, 0) is 21.9 Å². The van der Waals surface area contributed by atoms with E-state index >= 15 is 0 Å². The number of ether oxygens (including phenoxy) is 1. The van der Waals surface area contributed by atoms with Crippen molar-refractivity contribution in [3.8, 4) is 17.0 Å². The lowest BCUT2D eigenvalue weighted by atomic mass is 9.68. The van der Waals surface area contributed by atoms with Crippen LogP contribution in [0.25, 0.3) is 11.3 Å². The standard InChI is InChI=1S/C28H29N3O3S/c1-20(2)28(3,23-12-14-25(15-13-23)34-19-24-7-5-6-18-29-24)22-10-8-21(9-11-22)26-16-17-27(31-30-26)35(4,32)33/h5-18,20H,19H2,1-4H3. The van der Waals surface area contributed by atoms with Crippen LogP contribution in [0.15, 0.2) is 90.1 Å². The lowest BCUT2D eigenvalue weighted by molar-refractivity contribution is 0.301. The van der Waals surface area contributed by atoms with Gasteiger partial charge in [0.25, 0.3) is 0 Å². The fourth-order valence-corrected chi connectivity index (χ4v) is 4.53. The Labute approximate surface area is 207 Å². The van der Waals surface area contributed by atoms with E-state index in [2.05, 4.69) is 60.2 Å². The number of hydrogen-bond acceptors (Lipinski definition) is 6. The van der Waals surface area contributed by atoms with Crippen LogP contribution in [0.3, 0.4) is 0 Å². The van der Waals surface area contributed by atoms with Gasteiger partial charge in [0.15, 0.2) is 14.9 Å². The van der Waals surface area contributed by atoms with Crippen LogP contribution < -0.4 is 4.74 Å². The third-order valence-corrected chi connectivity index (χ3v) is 7.50. The molecule has 35 heavy (non-hydrogen) atoms. The molecule has 2 heterocycles. The number of pyridine rings is 1.